The van der Waals surface area contributed by atoms with E-state index in [-0.39, 0.29) is 18.6 Å². The first-order valence-electron chi connectivity index (χ1n) is 6.68. The van der Waals surface area contributed by atoms with Crippen molar-refractivity contribution in [3.05, 3.63) is 46.2 Å². The van der Waals surface area contributed by atoms with Crippen LogP contribution in [0.5, 0.6) is 0 Å². The van der Waals surface area contributed by atoms with E-state index in [1.807, 2.05) is 26.0 Å². The van der Waals surface area contributed by atoms with E-state index < -0.39 is 0 Å². The van der Waals surface area contributed by atoms with Crippen molar-refractivity contribution in [3.8, 4) is 5.69 Å². The molecule has 5 nitrogen and oxygen atoms in total. The lowest BCUT2D eigenvalue weighted by atomic mass is 10.2. The zero-order valence-corrected chi connectivity index (χ0v) is 13.0. The summed E-state index contributed by atoms with van der Waals surface area (Å²) < 4.78 is 1.75. The molecule has 2 N–H and O–H groups in total. The Hall–Kier alpha value is -1.85. The van der Waals surface area contributed by atoms with Gasteiger partial charge in [0.15, 0.2) is 0 Å². The highest BCUT2D eigenvalue weighted by atomic mass is 35.5. The Morgan fingerprint density at radius 1 is 1.38 bits per heavy atom. The minimum Gasteiger partial charge on any atom is -0.394 e. The summed E-state index contributed by atoms with van der Waals surface area (Å²) in [7, 11) is 0. The van der Waals surface area contributed by atoms with Gasteiger partial charge in [0.1, 0.15) is 0 Å². The van der Waals surface area contributed by atoms with Crippen LogP contribution in [0.2, 0.25) is 5.02 Å². The molecule has 0 aliphatic carbocycles. The van der Waals surface area contributed by atoms with E-state index in [4.69, 9.17) is 16.7 Å². The molecule has 0 fully saturated rings. The van der Waals surface area contributed by atoms with Gasteiger partial charge in [-0.15, -0.1) is 0 Å². The molecular weight excluding hydrogens is 290 g/mol. The highest BCUT2D eigenvalue weighted by molar-refractivity contribution is 6.31. The molecule has 0 saturated heterocycles. The monoisotopic (exact) mass is 307 g/mol. The number of halogens is 1. The molecular formula is C15H18ClN3O2. The largest absolute Gasteiger partial charge is 0.394 e. The normalized spacial score (nSPS) is 12.2. The fraction of sp³-hybridized carbons (Fsp3) is 0.333. The summed E-state index contributed by atoms with van der Waals surface area (Å²) in [4.78, 5) is 11.9. The number of carbonyl (C=O) groups is 1. The van der Waals surface area contributed by atoms with E-state index in [0.29, 0.717) is 10.6 Å². The Morgan fingerprint density at radius 2 is 2.00 bits per heavy atom. The van der Waals surface area contributed by atoms with Gasteiger partial charge >= 0.3 is 0 Å². The van der Waals surface area contributed by atoms with Gasteiger partial charge in [-0.2, -0.15) is 5.10 Å². The summed E-state index contributed by atoms with van der Waals surface area (Å²) in [6, 6.07) is 6.80. The highest BCUT2D eigenvalue weighted by Crippen LogP contribution is 2.22. The molecule has 0 spiro atoms. The van der Waals surface area contributed by atoms with Crippen molar-refractivity contribution in [2.75, 3.05) is 6.61 Å². The van der Waals surface area contributed by atoms with Crippen LogP contribution in [-0.2, 0) is 0 Å². The van der Waals surface area contributed by atoms with Crippen molar-refractivity contribution >= 4 is 17.5 Å². The maximum atomic E-state index is 11.9. The number of hydrogen-bond donors (Lipinski definition) is 2. The molecule has 1 atom stereocenters. The minimum absolute atomic E-state index is 0.0892. The molecule has 1 unspecified atom stereocenters. The summed E-state index contributed by atoms with van der Waals surface area (Å²) in [5, 5.41) is 16.7. The number of aryl methyl sites for hydroxylation is 1. The van der Waals surface area contributed by atoms with Crippen molar-refractivity contribution < 1.29 is 9.90 Å². The minimum atomic E-state index is -0.271. The smallest absolute Gasteiger partial charge is 0.251 e. The van der Waals surface area contributed by atoms with Crippen LogP contribution in [0.25, 0.3) is 5.69 Å². The predicted molar refractivity (Wildman–Crippen MR) is 82.1 cm³/mol. The fourth-order valence-corrected chi connectivity index (χ4v) is 2.10. The molecule has 0 aliphatic rings. The van der Waals surface area contributed by atoms with Crippen LogP contribution in [0, 0.1) is 13.8 Å². The lowest BCUT2D eigenvalue weighted by Gasteiger charge is -2.11. The Labute approximate surface area is 128 Å². The molecule has 112 valence electrons. The average molecular weight is 308 g/mol. The Morgan fingerprint density at radius 3 is 2.48 bits per heavy atom. The van der Waals surface area contributed by atoms with Gasteiger partial charge in [-0.3, -0.25) is 4.79 Å². The first-order valence-corrected chi connectivity index (χ1v) is 7.05. The van der Waals surface area contributed by atoms with E-state index in [1.54, 1.807) is 23.7 Å². The SMILES string of the molecule is Cc1nn(-c2ccc(C(=O)NC(C)CO)cc2)c(C)c1Cl. The van der Waals surface area contributed by atoms with Gasteiger partial charge in [-0.05, 0) is 45.0 Å². The molecule has 6 heteroatoms. The first-order chi connectivity index (χ1) is 9.93. The summed E-state index contributed by atoms with van der Waals surface area (Å²) in [5.74, 6) is -0.213. The summed E-state index contributed by atoms with van der Waals surface area (Å²) >= 11 is 6.13. The number of hydrogen-bond acceptors (Lipinski definition) is 3. The van der Waals surface area contributed by atoms with Crippen LogP contribution in [0.3, 0.4) is 0 Å². The van der Waals surface area contributed by atoms with Gasteiger partial charge in [0.25, 0.3) is 5.91 Å². The molecule has 21 heavy (non-hydrogen) atoms. The standard InChI is InChI=1S/C15H18ClN3O2/c1-9(8-20)17-15(21)12-4-6-13(7-5-12)19-11(3)14(16)10(2)18-19/h4-7,9,20H,8H2,1-3H3,(H,17,21). The predicted octanol–water partition coefficient (Wildman–Crippen LogP) is 2.25. The molecule has 1 aromatic carbocycles. The van der Waals surface area contributed by atoms with Crippen molar-refractivity contribution in [1.29, 1.82) is 0 Å². The molecule has 0 radical (unpaired) electrons. The van der Waals surface area contributed by atoms with Crippen LogP contribution >= 0.6 is 11.6 Å². The first kappa shape index (κ1) is 15.5. The van der Waals surface area contributed by atoms with Gasteiger partial charge in [-0.25, -0.2) is 4.68 Å². The van der Waals surface area contributed by atoms with E-state index in [0.717, 1.165) is 17.1 Å². The van der Waals surface area contributed by atoms with E-state index in [9.17, 15) is 4.79 Å². The molecule has 0 bridgehead atoms. The maximum Gasteiger partial charge on any atom is 0.251 e. The fourth-order valence-electron chi connectivity index (χ4n) is 1.98. The molecule has 0 aliphatic heterocycles. The second-order valence-electron chi connectivity index (χ2n) is 5.00. The number of aromatic nitrogens is 2. The number of benzene rings is 1. The van der Waals surface area contributed by atoms with Gasteiger partial charge in [-0.1, -0.05) is 11.6 Å². The third-order valence-corrected chi connectivity index (χ3v) is 3.78. The highest BCUT2D eigenvalue weighted by Gasteiger charge is 2.12. The third-order valence-electron chi connectivity index (χ3n) is 3.23. The molecule has 0 saturated carbocycles. The molecule has 1 heterocycles. The number of carbonyl (C=O) groups excluding carboxylic acids is 1. The maximum absolute atomic E-state index is 11.9. The van der Waals surface area contributed by atoms with Gasteiger partial charge in [0, 0.05) is 11.6 Å². The third kappa shape index (κ3) is 3.25. The van der Waals surface area contributed by atoms with Crippen molar-refractivity contribution in [2.24, 2.45) is 0 Å². The summed E-state index contributed by atoms with van der Waals surface area (Å²) in [6.45, 7) is 5.40. The number of rotatable bonds is 4. The number of nitrogens with zero attached hydrogens (tertiary/aromatic N) is 2. The lowest BCUT2D eigenvalue weighted by molar-refractivity contribution is 0.0922. The zero-order valence-electron chi connectivity index (χ0n) is 12.2. The number of nitrogens with one attached hydrogen (secondary N) is 1. The number of aliphatic hydroxyl groups excluding tert-OH is 1. The summed E-state index contributed by atoms with van der Waals surface area (Å²) in [5.41, 5.74) is 3.01. The Bertz CT molecular complexity index is 650. The second kappa shape index (κ2) is 6.28. The molecule has 2 aromatic rings. The quantitative estimate of drug-likeness (QED) is 0.910. The Kier molecular flexibility index (Phi) is 4.65. The van der Waals surface area contributed by atoms with Crippen LogP contribution in [0.1, 0.15) is 28.7 Å². The molecule has 1 amide bonds. The van der Waals surface area contributed by atoms with Crippen molar-refractivity contribution in [3.63, 3.8) is 0 Å². The molecule has 1 aromatic heterocycles. The summed E-state index contributed by atoms with van der Waals surface area (Å²) in [6.07, 6.45) is 0. The van der Waals surface area contributed by atoms with E-state index in [2.05, 4.69) is 10.4 Å². The number of aliphatic hydroxyl groups is 1. The van der Waals surface area contributed by atoms with E-state index in [1.165, 1.54) is 0 Å². The topological polar surface area (TPSA) is 67.2 Å². The molecule has 2 rings (SSSR count). The Balaban J connectivity index is 2.23. The average Bonchev–Trinajstić information content (AvgIpc) is 2.75. The van der Waals surface area contributed by atoms with Crippen LogP contribution in [0.15, 0.2) is 24.3 Å². The van der Waals surface area contributed by atoms with Crippen molar-refractivity contribution in [2.45, 2.75) is 26.8 Å². The van der Waals surface area contributed by atoms with Crippen LogP contribution in [-0.4, -0.2) is 33.4 Å². The van der Waals surface area contributed by atoms with Crippen molar-refractivity contribution in [1.82, 2.24) is 15.1 Å². The second-order valence-corrected chi connectivity index (χ2v) is 5.38. The van der Waals surface area contributed by atoms with Crippen LogP contribution in [0.4, 0.5) is 0 Å². The van der Waals surface area contributed by atoms with Gasteiger partial charge in [0.2, 0.25) is 0 Å². The lowest BCUT2D eigenvalue weighted by Crippen LogP contribution is -2.34. The van der Waals surface area contributed by atoms with E-state index >= 15 is 0 Å². The van der Waals surface area contributed by atoms with Gasteiger partial charge in [0.05, 0.1) is 28.7 Å². The zero-order chi connectivity index (χ0) is 15.6. The number of amides is 1. The van der Waals surface area contributed by atoms with Crippen LogP contribution < -0.4 is 5.32 Å². The van der Waals surface area contributed by atoms with Gasteiger partial charge < -0.3 is 10.4 Å².